The standard InChI is InChI=1S/C16H16N4O3/c21-15(13-8-19-14(9-18-13)16(22)23)20-7-10-3-1-5-12-11(10)4-2-6-17-12/h1,3,5,8-9,17H,2,4,6-7H2,(H,20,21)(H,22,23). The molecule has 2 aromatic rings. The van der Waals surface area contributed by atoms with Crippen LogP contribution in [0.25, 0.3) is 0 Å². The molecule has 1 aromatic carbocycles. The van der Waals surface area contributed by atoms with E-state index < -0.39 is 5.97 Å². The van der Waals surface area contributed by atoms with E-state index in [1.165, 1.54) is 11.8 Å². The van der Waals surface area contributed by atoms with Crippen molar-refractivity contribution >= 4 is 17.6 Å². The molecule has 0 spiro atoms. The minimum atomic E-state index is -1.17. The predicted octanol–water partition coefficient (Wildman–Crippen LogP) is 1.46. The van der Waals surface area contributed by atoms with Crippen molar-refractivity contribution in [2.75, 3.05) is 11.9 Å². The lowest BCUT2D eigenvalue weighted by molar-refractivity contribution is 0.0689. The summed E-state index contributed by atoms with van der Waals surface area (Å²) in [7, 11) is 0. The van der Waals surface area contributed by atoms with Gasteiger partial charge in [0.2, 0.25) is 0 Å². The summed E-state index contributed by atoms with van der Waals surface area (Å²) in [5.74, 6) is -1.55. The summed E-state index contributed by atoms with van der Waals surface area (Å²) < 4.78 is 0. The minimum Gasteiger partial charge on any atom is -0.476 e. The third kappa shape index (κ3) is 3.28. The molecule has 3 rings (SSSR count). The summed E-state index contributed by atoms with van der Waals surface area (Å²) in [4.78, 5) is 30.3. The van der Waals surface area contributed by atoms with E-state index in [1.54, 1.807) is 0 Å². The number of aromatic nitrogens is 2. The molecule has 0 bridgehead atoms. The second-order valence-corrected chi connectivity index (χ2v) is 5.25. The van der Waals surface area contributed by atoms with Crippen molar-refractivity contribution in [3.63, 3.8) is 0 Å². The van der Waals surface area contributed by atoms with E-state index in [9.17, 15) is 9.59 Å². The quantitative estimate of drug-likeness (QED) is 0.789. The number of hydrogen-bond acceptors (Lipinski definition) is 5. The molecular weight excluding hydrogens is 296 g/mol. The highest BCUT2D eigenvalue weighted by molar-refractivity contribution is 5.92. The number of rotatable bonds is 4. The van der Waals surface area contributed by atoms with Gasteiger partial charge in [-0.05, 0) is 30.0 Å². The topological polar surface area (TPSA) is 104 Å². The molecule has 1 aromatic heterocycles. The zero-order chi connectivity index (χ0) is 16.2. The lowest BCUT2D eigenvalue weighted by atomic mass is 9.97. The van der Waals surface area contributed by atoms with E-state index in [4.69, 9.17) is 5.11 Å². The molecule has 0 radical (unpaired) electrons. The van der Waals surface area contributed by atoms with Crippen LogP contribution >= 0.6 is 0 Å². The first-order valence-corrected chi connectivity index (χ1v) is 7.33. The first kappa shape index (κ1) is 15.0. The maximum Gasteiger partial charge on any atom is 0.356 e. The van der Waals surface area contributed by atoms with Crippen LogP contribution in [0, 0.1) is 0 Å². The third-order valence-corrected chi connectivity index (χ3v) is 3.74. The number of anilines is 1. The van der Waals surface area contributed by atoms with Crippen LogP contribution in [0.5, 0.6) is 0 Å². The van der Waals surface area contributed by atoms with Gasteiger partial charge in [-0.2, -0.15) is 0 Å². The fourth-order valence-electron chi connectivity index (χ4n) is 2.57. The van der Waals surface area contributed by atoms with Gasteiger partial charge in [0.25, 0.3) is 5.91 Å². The van der Waals surface area contributed by atoms with Crippen molar-refractivity contribution in [1.82, 2.24) is 15.3 Å². The second kappa shape index (κ2) is 6.43. The van der Waals surface area contributed by atoms with Gasteiger partial charge >= 0.3 is 5.97 Å². The number of fused-ring (bicyclic) bond motifs is 1. The van der Waals surface area contributed by atoms with Crippen molar-refractivity contribution in [2.45, 2.75) is 19.4 Å². The van der Waals surface area contributed by atoms with Gasteiger partial charge in [-0.3, -0.25) is 4.79 Å². The molecule has 1 aliphatic heterocycles. The number of nitrogens with one attached hydrogen (secondary N) is 2. The number of nitrogens with zero attached hydrogens (tertiary/aromatic N) is 2. The van der Waals surface area contributed by atoms with Crippen molar-refractivity contribution in [1.29, 1.82) is 0 Å². The van der Waals surface area contributed by atoms with Crippen molar-refractivity contribution in [3.8, 4) is 0 Å². The predicted molar refractivity (Wildman–Crippen MR) is 83.4 cm³/mol. The molecule has 0 saturated heterocycles. The zero-order valence-electron chi connectivity index (χ0n) is 12.4. The Morgan fingerprint density at radius 1 is 1.22 bits per heavy atom. The number of carboxylic acids is 1. The van der Waals surface area contributed by atoms with Crippen molar-refractivity contribution in [3.05, 3.63) is 53.1 Å². The summed E-state index contributed by atoms with van der Waals surface area (Å²) >= 11 is 0. The van der Waals surface area contributed by atoms with Crippen molar-refractivity contribution in [2.24, 2.45) is 0 Å². The zero-order valence-corrected chi connectivity index (χ0v) is 12.4. The number of carbonyl (C=O) groups excluding carboxylic acids is 1. The Morgan fingerprint density at radius 2 is 2.00 bits per heavy atom. The van der Waals surface area contributed by atoms with Crippen LogP contribution in [-0.2, 0) is 13.0 Å². The van der Waals surface area contributed by atoms with Crippen LogP contribution in [0.3, 0.4) is 0 Å². The Balaban J connectivity index is 1.68. The van der Waals surface area contributed by atoms with Gasteiger partial charge in [-0.15, -0.1) is 0 Å². The highest BCUT2D eigenvalue weighted by Gasteiger charge is 2.14. The van der Waals surface area contributed by atoms with Gasteiger partial charge in [-0.25, -0.2) is 14.8 Å². The lowest BCUT2D eigenvalue weighted by Crippen LogP contribution is -2.25. The largest absolute Gasteiger partial charge is 0.476 e. The van der Waals surface area contributed by atoms with Crippen LogP contribution in [0.1, 0.15) is 38.5 Å². The van der Waals surface area contributed by atoms with E-state index in [0.717, 1.165) is 36.8 Å². The van der Waals surface area contributed by atoms with Gasteiger partial charge in [0.05, 0.1) is 12.4 Å². The average molecular weight is 312 g/mol. The average Bonchev–Trinajstić information content (AvgIpc) is 2.59. The van der Waals surface area contributed by atoms with E-state index in [0.29, 0.717) is 6.54 Å². The highest BCUT2D eigenvalue weighted by Crippen LogP contribution is 2.25. The summed E-state index contributed by atoms with van der Waals surface area (Å²) in [5, 5.41) is 14.9. The molecule has 0 unspecified atom stereocenters. The number of aromatic carboxylic acids is 1. The minimum absolute atomic E-state index is 0.0953. The van der Waals surface area contributed by atoms with E-state index >= 15 is 0 Å². The molecular formula is C16H16N4O3. The molecule has 3 N–H and O–H groups in total. The molecule has 1 aliphatic rings. The summed E-state index contributed by atoms with van der Waals surface area (Å²) in [5.41, 5.74) is 3.32. The molecule has 118 valence electrons. The number of hydrogen-bond donors (Lipinski definition) is 3. The maximum atomic E-state index is 12.1. The SMILES string of the molecule is O=C(O)c1cnc(C(=O)NCc2cccc3c2CCCN3)cn1. The van der Waals surface area contributed by atoms with Crippen LogP contribution in [-0.4, -0.2) is 33.5 Å². The molecule has 0 atom stereocenters. The Kier molecular flexibility index (Phi) is 4.18. The van der Waals surface area contributed by atoms with Crippen LogP contribution in [0.4, 0.5) is 5.69 Å². The number of carbonyl (C=O) groups is 2. The normalized spacial score (nSPS) is 12.9. The maximum absolute atomic E-state index is 12.1. The first-order chi connectivity index (χ1) is 11.1. The monoisotopic (exact) mass is 312 g/mol. The van der Waals surface area contributed by atoms with E-state index in [2.05, 4.69) is 20.6 Å². The van der Waals surface area contributed by atoms with E-state index in [1.807, 2.05) is 18.2 Å². The Bertz CT molecular complexity index is 743. The van der Waals surface area contributed by atoms with Crippen LogP contribution in [0.2, 0.25) is 0 Å². The lowest BCUT2D eigenvalue weighted by Gasteiger charge is -2.21. The fraction of sp³-hybridized carbons (Fsp3) is 0.250. The highest BCUT2D eigenvalue weighted by atomic mass is 16.4. The summed E-state index contributed by atoms with van der Waals surface area (Å²) in [6.07, 6.45) is 4.30. The van der Waals surface area contributed by atoms with E-state index in [-0.39, 0.29) is 17.3 Å². The number of amides is 1. The molecule has 7 heteroatoms. The Morgan fingerprint density at radius 3 is 2.74 bits per heavy atom. The molecule has 0 saturated carbocycles. The van der Waals surface area contributed by atoms with Crippen molar-refractivity contribution < 1.29 is 14.7 Å². The van der Waals surface area contributed by atoms with Gasteiger partial charge in [0, 0.05) is 18.8 Å². The molecule has 0 fully saturated rings. The Hall–Kier alpha value is -2.96. The third-order valence-electron chi connectivity index (χ3n) is 3.74. The van der Waals surface area contributed by atoms with Gasteiger partial charge in [0.15, 0.2) is 5.69 Å². The molecule has 23 heavy (non-hydrogen) atoms. The number of carboxylic acid groups (broad SMARTS) is 1. The Labute approximate surface area is 132 Å². The van der Waals surface area contributed by atoms with Crippen LogP contribution in [0.15, 0.2) is 30.6 Å². The smallest absolute Gasteiger partial charge is 0.356 e. The molecule has 1 amide bonds. The molecule has 2 heterocycles. The van der Waals surface area contributed by atoms with Gasteiger partial charge < -0.3 is 15.7 Å². The van der Waals surface area contributed by atoms with Gasteiger partial charge in [0.1, 0.15) is 5.69 Å². The molecule has 0 aliphatic carbocycles. The second-order valence-electron chi connectivity index (χ2n) is 5.25. The molecule has 7 nitrogen and oxygen atoms in total. The number of benzene rings is 1. The fourth-order valence-corrected chi connectivity index (χ4v) is 2.57. The summed E-state index contributed by atoms with van der Waals surface area (Å²) in [6.45, 7) is 1.36. The summed E-state index contributed by atoms with van der Waals surface area (Å²) in [6, 6.07) is 5.99. The van der Waals surface area contributed by atoms with Crippen LogP contribution < -0.4 is 10.6 Å². The first-order valence-electron chi connectivity index (χ1n) is 7.33. The van der Waals surface area contributed by atoms with Gasteiger partial charge in [-0.1, -0.05) is 12.1 Å².